The maximum Gasteiger partial charge on any atom is 0.341 e. The Morgan fingerprint density at radius 2 is 1.25 bits per heavy atom. The largest absolute Gasteiger partial charge is 0.478 e. The van der Waals surface area contributed by atoms with Crippen LogP contribution >= 0.6 is 11.6 Å². The highest BCUT2D eigenvalue weighted by Gasteiger charge is 2.19. The summed E-state index contributed by atoms with van der Waals surface area (Å²) in [6.45, 7) is 5.92. The lowest BCUT2D eigenvalue weighted by atomic mass is 10.1. The van der Waals surface area contributed by atoms with Gasteiger partial charge in [-0.05, 0) is 69.3 Å². The van der Waals surface area contributed by atoms with Crippen molar-refractivity contribution in [2.75, 3.05) is 17.7 Å². The molecule has 15 heteroatoms. The van der Waals surface area contributed by atoms with Gasteiger partial charge in [0.25, 0.3) is 0 Å². The van der Waals surface area contributed by atoms with E-state index in [0.29, 0.717) is 28.1 Å². The van der Waals surface area contributed by atoms with E-state index < -0.39 is 23.9 Å². The predicted molar refractivity (Wildman–Crippen MR) is 191 cm³/mol. The molecule has 0 aliphatic heterocycles. The first-order chi connectivity index (χ1) is 24.3. The van der Waals surface area contributed by atoms with Crippen LogP contribution in [0.5, 0.6) is 0 Å². The minimum absolute atomic E-state index is 0.0440. The summed E-state index contributed by atoms with van der Waals surface area (Å²) in [4.78, 5) is 60.8. The molecule has 0 saturated heterocycles. The van der Waals surface area contributed by atoms with Crippen molar-refractivity contribution < 1.29 is 39.2 Å². The van der Waals surface area contributed by atoms with Gasteiger partial charge in [-0.15, -0.1) is 0 Å². The Balaban J connectivity index is 0.000000188. The number of rotatable bonds is 7. The number of pyridine rings is 4. The van der Waals surface area contributed by atoms with Crippen LogP contribution in [0.3, 0.4) is 0 Å². The van der Waals surface area contributed by atoms with Crippen LogP contribution in [-0.4, -0.2) is 65.7 Å². The fraction of sp³-hybridized carbons (Fsp3) is 0.111. The topological polar surface area (TPSA) is 228 Å². The van der Waals surface area contributed by atoms with Crippen LogP contribution in [-0.2, 0) is 4.74 Å². The molecule has 4 aromatic heterocycles. The third-order valence-corrected chi connectivity index (χ3v) is 7.46. The number of carbonyl (C=O) groups excluding carboxylic acids is 1. The van der Waals surface area contributed by atoms with Gasteiger partial charge in [0.15, 0.2) is 0 Å². The monoisotopic (exact) mass is 710 g/mol. The summed E-state index contributed by atoms with van der Waals surface area (Å²) in [7, 11) is 0. The third kappa shape index (κ3) is 9.07. The van der Waals surface area contributed by atoms with Crippen molar-refractivity contribution in [3.8, 4) is 0 Å². The maximum atomic E-state index is 11.6. The summed E-state index contributed by atoms with van der Waals surface area (Å²) in [5.41, 5.74) is 9.10. The molecule has 51 heavy (non-hydrogen) atoms. The smallest absolute Gasteiger partial charge is 0.341 e. The number of carboxylic acids is 3. The van der Waals surface area contributed by atoms with Gasteiger partial charge in [-0.25, -0.2) is 29.1 Å². The lowest BCUT2D eigenvalue weighted by Crippen LogP contribution is -2.09. The first-order valence-corrected chi connectivity index (χ1v) is 15.4. The molecule has 0 spiro atoms. The first kappa shape index (κ1) is 37.2. The minimum Gasteiger partial charge on any atom is -0.478 e. The summed E-state index contributed by atoms with van der Waals surface area (Å²) in [6, 6.07) is 17.0. The van der Waals surface area contributed by atoms with Gasteiger partial charge < -0.3 is 31.1 Å². The number of fused-ring (bicyclic) bond motifs is 2. The number of carboxylic acid groups (broad SMARTS) is 3. The van der Waals surface area contributed by atoms with Crippen LogP contribution in [0.2, 0.25) is 5.02 Å². The molecule has 14 nitrogen and oxygen atoms in total. The van der Waals surface area contributed by atoms with Crippen LogP contribution in [0.4, 0.5) is 17.3 Å². The van der Waals surface area contributed by atoms with Crippen LogP contribution in [0, 0.1) is 13.8 Å². The van der Waals surface area contributed by atoms with Crippen molar-refractivity contribution in [3.63, 3.8) is 0 Å². The number of carbonyl (C=O) groups is 4. The summed E-state index contributed by atoms with van der Waals surface area (Å²) in [5, 5.41) is 31.8. The molecule has 6 rings (SSSR count). The van der Waals surface area contributed by atoms with Gasteiger partial charge in [-0.2, -0.15) is 0 Å². The summed E-state index contributed by atoms with van der Waals surface area (Å²) >= 11 is 6.20. The van der Waals surface area contributed by atoms with E-state index in [1.165, 1.54) is 49.1 Å². The minimum atomic E-state index is -1.17. The van der Waals surface area contributed by atoms with Crippen molar-refractivity contribution in [1.82, 2.24) is 19.9 Å². The Bertz CT molecular complexity index is 2280. The molecule has 6 N–H and O–H groups in total. The Labute approximate surface area is 295 Å². The fourth-order valence-corrected chi connectivity index (χ4v) is 4.90. The molecular weight excluding hydrogens is 680 g/mol. The summed E-state index contributed by atoms with van der Waals surface area (Å²) < 4.78 is 4.92. The predicted octanol–water partition coefficient (Wildman–Crippen LogP) is 6.81. The zero-order valence-corrected chi connectivity index (χ0v) is 28.2. The van der Waals surface area contributed by atoms with Crippen LogP contribution in [0.1, 0.15) is 59.5 Å². The number of nitrogen functional groups attached to an aromatic ring is 1. The molecular formula is C36H31ClN6O8. The van der Waals surface area contributed by atoms with E-state index in [1.54, 1.807) is 19.1 Å². The molecule has 260 valence electrons. The van der Waals surface area contributed by atoms with Crippen molar-refractivity contribution in [2.24, 2.45) is 0 Å². The van der Waals surface area contributed by atoms with Crippen molar-refractivity contribution in [2.45, 2.75) is 20.8 Å². The number of esters is 1. The molecule has 6 aromatic rings. The number of aromatic carboxylic acids is 3. The molecule has 0 unspecified atom stereocenters. The molecule has 4 heterocycles. The van der Waals surface area contributed by atoms with E-state index in [4.69, 9.17) is 27.2 Å². The highest BCUT2D eigenvalue weighted by Crippen LogP contribution is 2.31. The van der Waals surface area contributed by atoms with Gasteiger partial charge in [0.05, 0.1) is 33.9 Å². The van der Waals surface area contributed by atoms with E-state index in [1.807, 2.05) is 38.1 Å². The number of aryl methyl sites for hydroxylation is 2. The Kier molecular flexibility index (Phi) is 12.1. The van der Waals surface area contributed by atoms with Gasteiger partial charge in [0.2, 0.25) is 0 Å². The van der Waals surface area contributed by atoms with Gasteiger partial charge >= 0.3 is 23.9 Å². The van der Waals surface area contributed by atoms with Crippen LogP contribution in [0.15, 0.2) is 85.5 Å². The standard InChI is InChI=1S/C17H13N3O4.C13H12ClNO2.C6H6N2O2/c1-9-4-5-13-11(7-9)14(12(8-19-13)17(23)24)20-15-10(16(21)22)3-2-6-18-15;1-3-17-13(16)10-7-15-11-5-4-8(2)6-9(11)12(10)14;7-5-4(6(9)10)2-1-3-8-5/h2-8H,1H3,(H,21,22)(H,23,24)(H,18,19,20);4-7H,3H2,1-2H3;1-3H,(H2,7,8)(H,9,10). The highest BCUT2D eigenvalue weighted by molar-refractivity contribution is 6.38. The molecule has 0 atom stereocenters. The van der Waals surface area contributed by atoms with Gasteiger partial charge in [-0.1, -0.05) is 34.9 Å². The molecule has 0 radical (unpaired) electrons. The van der Waals surface area contributed by atoms with Crippen molar-refractivity contribution >= 4 is 74.6 Å². The van der Waals surface area contributed by atoms with Crippen LogP contribution in [0.25, 0.3) is 21.8 Å². The molecule has 0 saturated carbocycles. The lowest BCUT2D eigenvalue weighted by molar-refractivity contribution is 0.0524. The average Bonchev–Trinajstić information content (AvgIpc) is 3.09. The molecule has 0 aliphatic carbocycles. The number of halogens is 1. The van der Waals surface area contributed by atoms with Gasteiger partial charge in [0.1, 0.15) is 28.3 Å². The molecule has 0 amide bonds. The number of nitrogens with one attached hydrogen (secondary N) is 1. The first-order valence-electron chi connectivity index (χ1n) is 15.1. The number of anilines is 3. The van der Waals surface area contributed by atoms with E-state index >= 15 is 0 Å². The van der Waals surface area contributed by atoms with Crippen LogP contribution < -0.4 is 11.1 Å². The van der Waals surface area contributed by atoms with Crippen molar-refractivity contribution in [1.29, 1.82) is 0 Å². The summed E-state index contributed by atoms with van der Waals surface area (Å²) in [5.74, 6) is -3.69. The molecule has 0 fully saturated rings. The van der Waals surface area contributed by atoms with Gasteiger partial charge in [0, 0.05) is 35.6 Å². The van der Waals surface area contributed by atoms with Crippen molar-refractivity contribution in [3.05, 3.63) is 124 Å². The van der Waals surface area contributed by atoms with Gasteiger partial charge in [-0.3, -0.25) is 9.97 Å². The normalized spacial score (nSPS) is 10.3. The Morgan fingerprint density at radius 3 is 1.80 bits per heavy atom. The number of nitrogens with two attached hydrogens (primary N) is 1. The van der Waals surface area contributed by atoms with E-state index in [0.717, 1.165) is 22.0 Å². The second-order valence-corrected chi connectivity index (χ2v) is 11.0. The quantitative estimate of drug-likeness (QED) is 0.107. The summed E-state index contributed by atoms with van der Waals surface area (Å²) in [6.07, 6.45) is 5.58. The molecule has 2 aromatic carbocycles. The average molecular weight is 711 g/mol. The Hall–Kier alpha value is -6.67. The number of hydrogen-bond acceptors (Lipinski definition) is 11. The maximum absolute atomic E-state index is 11.6. The number of aromatic nitrogens is 4. The number of benzene rings is 2. The zero-order valence-electron chi connectivity index (χ0n) is 27.4. The third-order valence-electron chi connectivity index (χ3n) is 7.06. The number of ether oxygens (including phenoxy) is 1. The van der Waals surface area contributed by atoms with E-state index in [2.05, 4.69) is 25.3 Å². The lowest BCUT2D eigenvalue weighted by Gasteiger charge is -2.13. The SMILES string of the molecule is CCOC(=O)c1cnc2ccc(C)cc2c1Cl.Cc1ccc2ncc(C(=O)O)c(Nc3ncccc3C(=O)O)c2c1.Nc1ncccc1C(=O)O. The molecule has 0 bridgehead atoms. The number of hydrogen-bond donors (Lipinski definition) is 5. The Morgan fingerprint density at radius 1 is 0.725 bits per heavy atom. The molecule has 0 aliphatic rings. The highest BCUT2D eigenvalue weighted by atomic mass is 35.5. The van der Waals surface area contributed by atoms with E-state index in [-0.39, 0.29) is 34.0 Å². The fourth-order valence-electron chi connectivity index (χ4n) is 4.62. The number of nitrogens with zero attached hydrogens (tertiary/aromatic N) is 4. The van der Waals surface area contributed by atoms with E-state index in [9.17, 15) is 29.4 Å². The second-order valence-electron chi connectivity index (χ2n) is 10.7. The zero-order chi connectivity index (χ0) is 37.2. The second kappa shape index (κ2) is 16.6.